The molecule has 0 radical (unpaired) electrons. The summed E-state index contributed by atoms with van der Waals surface area (Å²) in [6.45, 7) is 0. The SMILES string of the molecule is Fc1cc(-c2cc(-c3cccs3)n(C(F)(F)F)n2)c(F)c(F)c1F. The number of hydrogen-bond donors (Lipinski definition) is 0. The van der Waals surface area contributed by atoms with E-state index in [-0.39, 0.29) is 15.6 Å². The van der Waals surface area contributed by atoms with Crippen LogP contribution in [0.4, 0.5) is 30.7 Å². The first-order valence-electron chi connectivity index (χ1n) is 6.24. The van der Waals surface area contributed by atoms with E-state index >= 15 is 0 Å². The minimum absolute atomic E-state index is 0.162. The molecule has 0 aliphatic carbocycles. The van der Waals surface area contributed by atoms with Crippen LogP contribution in [0.3, 0.4) is 0 Å². The Labute approximate surface area is 133 Å². The van der Waals surface area contributed by atoms with Crippen LogP contribution in [0.5, 0.6) is 0 Å². The Kier molecular flexibility index (Phi) is 3.86. The molecular formula is C14H5F7N2S. The summed E-state index contributed by atoms with van der Waals surface area (Å²) in [4.78, 5) is 0.162. The summed E-state index contributed by atoms with van der Waals surface area (Å²) < 4.78 is 92.3. The molecular weight excluding hydrogens is 361 g/mol. The van der Waals surface area contributed by atoms with Gasteiger partial charge in [0, 0.05) is 5.56 Å². The number of rotatable bonds is 2. The first kappa shape index (κ1) is 16.5. The van der Waals surface area contributed by atoms with Gasteiger partial charge in [-0.1, -0.05) is 6.07 Å². The normalized spacial score (nSPS) is 12.0. The molecule has 2 nitrogen and oxygen atoms in total. The third-order valence-corrected chi connectivity index (χ3v) is 3.99. The van der Waals surface area contributed by atoms with Gasteiger partial charge in [-0.05, 0) is 23.6 Å². The molecule has 0 atom stereocenters. The molecule has 1 aromatic carbocycles. The van der Waals surface area contributed by atoms with Crippen molar-refractivity contribution in [1.82, 2.24) is 9.78 Å². The predicted molar refractivity (Wildman–Crippen MR) is 72.1 cm³/mol. The van der Waals surface area contributed by atoms with Gasteiger partial charge in [0.25, 0.3) is 0 Å². The zero-order chi connectivity index (χ0) is 17.6. The average molecular weight is 366 g/mol. The summed E-state index contributed by atoms with van der Waals surface area (Å²) in [5.41, 5.74) is -2.02. The van der Waals surface area contributed by atoms with E-state index in [1.165, 1.54) is 17.5 Å². The van der Waals surface area contributed by atoms with E-state index in [1.807, 2.05) is 0 Å². The van der Waals surface area contributed by atoms with E-state index in [0.29, 0.717) is 0 Å². The van der Waals surface area contributed by atoms with Crippen LogP contribution in [0.25, 0.3) is 21.8 Å². The van der Waals surface area contributed by atoms with Crippen LogP contribution in [-0.4, -0.2) is 9.78 Å². The lowest BCUT2D eigenvalue weighted by atomic mass is 10.1. The number of benzene rings is 1. The van der Waals surface area contributed by atoms with Crippen LogP contribution in [0.1, 0.15) is 0 Å². The highest BCUT2D eigenvalue weighted by Crippen LogP contribution is 2.36. The summed E-state index contributed by atoms with van der Waals surface area (Å²) in [5, 5.41) is 4.70. The fourth-order valence-electron chi connectivity index (χ4n) is 2.07. The summed E-state index contributed by atoms with van der Waals surface area (Å²) >= 11 is 0.965. The van der Waals surface area contributed by atoms with E-state index in [9.17, 15) is 30.7 Å². The van der Waals surface area contributed by atoms with Crippen molar-refractivity contribution in [2.45, 2.75) is 6.30 Å². The molecule has 0 saturated carbocycles. The molecule has 2 aromatic heterocycles. The van der Waals surface area contributed by atoms with E-state index in [4.69, 9.17) is 0 Å². The van der Waals surface area contributed by atoms with Crippen molar-refractivity contribution < 1.29 is 30.7 Å². The second kappa shape index (κ2) is 5.62. The summed E-state index contributed by atoms with van der Waals surface area (Å²) in [6.07, 6.45) is -4.94. The Balaban J connectivity index is 2.25. The highest BCUT2D eigenvalue weighted by atomic mass is 32.1. The molecule has 0 aliphatic heterocycles. The topological polar surface area (TPSA) is 17.8 Å². The Hall–Kier alpha value is -2.36. The minimum atomic E-state index is -4.94. The maximum atomic E-state index is 13.8. The van der Waals surface area contributed by atoms with Gasteiger partial charge in [0.1, 0.15) is 0 Å². The number of alkyl halides is 3. The molecule has 10 heteroatoms. The second-order valence-electron chi connectivity index (χ2n) is 4.62. The van der Waals surface area contributed by atoms with Gasteiger partial charge in [-0.15, -0.1) is 24.5 Å². The zero-order valence-electron chi connectivity index (χ0n) is 11.3. The summed E-state index contributed by atoms with van der Waals surface area (Å²) in [6, 6.07) is 3.95. The van der Waals surface area contributed by atoms with Gasteiger partial charge in [0.2, 0.25) is 0 Å². The molecule has 0 spiro atoms. The number of hydrogen-bond acceptors (Lipinski definition) is 2. The monoisotopic (exact) mass is 366 g/mol. The molecule has 3 aromatic rings. The van der Waals surface area contributed by atoms with Crippen molar-refractivity contribution in [3.8, 4) is 21.8 Å². The number of halogens is 7. The van der Waals surface area contributed by atoms with Crippen molar-refractivity contribution >= 4 is 11.3 Å². The smallest absolute Gasteiger partial charge is 0.204 e. The lowest BCUT2D eigenvalue weighted by molar-refractivity contribution is -0.210. The quantitative estimate of drug-likeness (QED) is 0.341. The Morgan fingerprint density at radius 3 is 2.25 bits per heavy atom. The van der Waals surface area contributed by atoms with Crippen molar-refractivity contribution in [3.05, 3.63) is 52.9 Å². The standard InChI is InChI=1S/C14H5F7N2S/c15-7-4-6(11(16)13(18)12(7)17)8-5-9(10-2-1-3-24-10)23(22-8)14(19,20)21/h1-5H. The Bertz CT molecular complexity index is 897. The van der Waals surface area contributed by atoms with Gasteiger partial charge < -0.3 is 0 Å². The number of thiophene rings is 1. The number of aromatic nitrogens is 2. The third-order valence-electron chi connectivity index (χ3n) is 3.10. The minimum Gasteiger partial charge on any atom is -0.204 e. The fraction of sp³-hybridized carbons (Fsp3) is 0.0714. The van der Waals surface area contributed by atoms with Crippen molar-refractivity contribution in [3.63, 3.8) is 0 Å². The van der Waals surface area contributed by atoms with Crippen molar-refractivity contribution in [2.24, 2.45) is 0 Å². The molecule has 0 unspecified atom stereocenters. The maximum absolute atomic E-state index is 13.8. The zero-order valence-corrected chi connectivity index (χ0v) is 12.2. The van der Waals surface area contributed by atoms with Gasteiger partial charge in [-0.25, -0.2) is 17.6 Å². The average Bonchev–Trinajstić information content (AvgIpc) is 3.16. The lowest BCUT2D eigenvalue weighted by Gasteiger charge is -2.09. The Morgan fingerprint density at radius 2 is 1.67 bits per heavy atom. The molecule has 24 heavy (non-hydrogen) atoms. The van der Waals surface area contributed by atoms with Crippen LogP contribution < -0.4 is 0 Å². The fourth-order valence-corrected chi connectivity index (χ4v) is 2.79. The van der Waals surface area contributed by atoms with Gasteiger partial charge in [0.05, 0.1) is 16.3 Å². The molecule has 0 saturated heterocycles. The molecule has 0 N–H and O–H groups in total. The first-order chi connectivity index (χ1) is 11.2. The molecule has 126 valence electrons. The van der Waals surface area contributed by atoms with E-state index in [1.54, 1.807) is 0 Å². The van der Waals surface area contributed by atoms with Crippen LogP contribution in [0, 0.1) is 23.3 Å². The molecule has 0 aliphatic rings. The predicted octanol–water partition coefficient (Wildman–Crippen LogP) is 5.31. The lowest BCUT2D eigenvalue weighted by Crippen LogP contribution is -2.19. The van der Waals surface area contributed by atoms with Gasteiger partial charge in [0.15, 0.2) is 23.3 Å². The highest BCUT2D eigenvalue weighted by molar-refractivity contribution is 7.13. The molecule has 2 heterocycles. The largest absolute Gasteiger partial charge is 0.505 e. The third kappa shape index (κ3) is 2.66. The van der Waals surface area contributed by atoms with Gasteiger partial charge in [-0.2, -0.15) is 9.78 Å². The highest BCUT2D eigenvalue weighted by Gasteiger charge is 2.36. The second-order valence-corrected chi connectivity index (χ2v) is 5.57. The maximum Gasteiger partial charge on any atom is 0.505 e. The van der Waals surface area contributed by atoms with E-state index < -0.39 is 46.5 Å². The molecule has 0 amide bonds. The van der Waals surface area contributed by atoms with E-state index in [0.717, 1.165) is 17.4 Å². The van der Waals surface area contributed by atoms with Crippen molar-refractivity contribution in [2.75, 3.05) is 0 Å². The Morgan fingerprint density at radius 1 is 0.958 bits per heavy atom. The van der Waals surface area contributed by atoms with Crippen LogP contribution in [0.2, 0.25) is 0 Å². The van der Waals surface area contributed by atoms with Crippen LogP contribution in [-0.2, 0) is 6.30 Å². The van der Waals surface area contributed by atoms with Crippen molar-refractivity contribution in [1.29, 1.82) is 0 Å². The van der Waals surface area contributed by atoms with E-state index in [2.05, 4.69) is 5.10 Å². The first-order valence-corrected chi connectivity index (χ1v) is 7.12. The van der Waals surface area contributed by atoms with Gasteiger partial charge >= 0.3 is 6.30 Å². The van der Waals surface area contributed by atoms with Gasteiger partial charge in [-0.3, -0.25) is 0 Å². The van der Waals surface area contributed by atoms with Crippen LogP contribution >= 0.6 is 11.3 Å². The van der Waals surface area contributed by atoms with Crippen LogP contribution in [0.15, 0.2) is 29.6 Å². The summed E-state index contributed by atoms with van der Waals surface area (Å²) in [5.74, 6) is -7.73. The summed E-state index contributed by atoms with van der Waals surface area (Å²) in [7, 11) is 0. The molecule has 3 rings (SSSR count). The molecule has 0 fully saturated rings. The number of nitrogens with zero attached hydrogens (tertiary/aromatic N) is 2. The molecule has 0 bridgehead atoms.